The van der Waals surface area contributed by atoms with Gasteiger partial charge in [-0.25, -0.2) is 4.79 Å². The molecule has 0 bridgehead atoms. The summed E-state index contributed by atoms with van der Waals surface area (Å²) in [5.41, 5.74) is 10.6. The second-order valence-electron chi connectivity index (χ2n) is 7.61. The molecule has 1 aromatic rings. The van der Waals surface area contributed by atoms with E-state index in [1.807, 2.05) is 0 Å². The molecule has 1 aromatic carbocycles. The predicted octanol–water partition coefficient (Wildman–Crippen LogP) is 5.13. The van der Waals surface area contributed by atoms with Crippen molar-refractivity contribution in [2.75, 3.05) is 7.11 Å². The van der Waals surface area contributed by atoms with Crippen molar-refractivity contribution in [3.63, 3.8) is 0 Å². The molecule has 7 nitrogen and oxygen atoms in total. The first-order valence-corrected chi connectivity index (χ1v) is 11.3. The second kappa shape index (κ2) is 9.78. The Hall–Kier alpha value is -2.02. The fraction of sp³-hybridized carbons (Fsp3) is 0.632. The lowest BCUT2D eigenvalue weighted by atomic mass is 10.0. The van der Waals surface area contributed by atoms with Gasteiger partial charge in [-0.3, -0.25) is 0 Å². The topological polar surface area (TPSA) is 105 Å². The van der Waals surface area contributed by atoms with Crippen LogP contribution < -0.4 is 4.43 Å². The number of carbonyl (C=O) groups excluding carboxylic acids is 1. The molecule has 0 amide bonds. The van der Waals surface area contributed by atoms with Crippen molar-refractivity contribution < 1.29 is 19.1 Å². The zero-order valence-electron chi connectivity index (χ0n) is 17.2. The van der Waals surface area contributed by atoms with Gasteiger partial charge in [0.05, 0.1) is 13.2 Å². The summed E-state index contributed by atoms with van der Waals surface area (Å²) in [7, 11) is -0.909. The maximum absolute atomic E-state index is 11.6. The molecule has 0 aromatic heterocycles. The number of ether oxygens (including phenoxy) is 1. The first kappa shape index (κ1) is 23.0. The number of esters is 1. The molecule has 0 fully saturated rings. The van der Waals surface area contributed by atoms with Gasteiger partial charge in [0.1, 0.15) is 5.75 Å². The molecule has 0 aliphatic heterocycles. The van der Waals surface area contributed by atoms with Crippen molar-refractivity contribution in [3.8, 4) is 5.75 Å². The molecule has 0 heterocycles. The Labute approximate surface area is 162 Å². The normalized spacial score (nSPS) is 14.0. The van der Waals surface area contributed by atoms with Crippen LogP contribution in [-0.2, 0) is 9.53 Å². The van der Waals surface area contributed by atoms with E-state index in [1.54, 1.807) is 24.3 Å². The molecular weight excluding hydrogens is 362 g/mol. The van der Waals surface area contributed by atoms with Crippen molar-refractivity contribution in [3.05, 3.63) is 40.3 Å². The SMILES string of the molecule is COC(=O)[C@@H](O)[C@@H](N=[N+]=[N-])c1ccc(O[Si](C(C)C)(C(C)C)C(C)C)cc1. The molecule has 27 heavy (non-hydrogen) atoms. The van der Waals surface area contributed by atoms with Gasteiger partial charge in [-0.05, 0) is 39.9 Å². The van der Waals surface area contributed by atoms with E-state index in [4.69, 9.17) is 9.96 Å². The fourth-order valence-corrected chi connectivity index (χ4v) is 9.16. The van der Waals surface area contributed by atoms with Gasteiger partial charge in [-0.1, -0.05) is 58.8 Å². The maximum Gasteiger partial charge on any atom is 0.335 e. The third-order valence-corrected chi connectivity index (χ3v) is 11.1. The summed E-state index contributed by atoms with van der Waals surface area (Å²) in [4.78, 5) is 14.3. The number of carbonyl (C=O) groups is 1. The highest BCUT2D eigenvalue weighted by atomic mass is 28.4. The highest BCUT2D eigenvalue weighted by Crippen LogP contribution is 2.42. The van der Waals surface area contributed by atoms with E-state index in [0.717, 1.165) is 5.75 Å². The molecule has 0 aliphatic carbocycles. The van der Waals surface area contributed by atoms with Crippen LogP contribution in [0.4, 0.5) is 0 Å². The molecule has 0 saturated heterocycles. The van der Waals surface area contributed by atoms with E-state index >= 15 is 0 Å². The Morgan fingerprint density at radius 2 is 1.56 bits per heavy atom. The van der Waals surface area contributed by atoms with Crippen LogP contribution in [0.25, 0.3) is 10.4 Å². The molecule has 1 rings (SSSR count). The first-order chi connectivity index (χ1) is 12.6. The van der Waals surface area contributed by atoms with E-state index in [1.165, 1.54) is 7.11 Å². The van der Waals surface area contributed by atoms with E-state index < -0.39 is 26.4 Å². The van der Waals surface area contributed by atoms with Crippen LogP contribution >= 0.6 is 0 Å². The minimum absolute atomic E-state index is 0.439. The summed E-state index contributed by atoms with van der Waals surface area (Å²) in [6.07, 6.45) is -1.56. The lowest BCUT2D eigenvalue weighted by Crippen LogP contribution is -2.50. The molecule has 0 aliphatic rings. The summed E-state index contributed by atoms with van der Waals surface area (Å²) in [5.74, 6) is -0.104. The molecule has 0 saturated carbocycles. The molecule has 1 N–H and O–H groups in total. The maximum atomic E-state index is 11.6. The summed E-state index contributed by atoms with van der Waals surface area (Å²) in [5, 5.41) is 13.6. The molecule has 8 heteroatoms. The van der Waals surface area contributed by atoms with Crippen molar-refractivity contribution >= 4 is 14.3 Å². The van der Waals surface area contributed by atoms with Gasteiger partial charge in [0.15, 0.2) is 6.10 Å². The number of rotatable bonds is 9. The van der Waals surface area contributed by atoms with Gasteiger partial charge < -0.3 is 14.3 Å². The number of methoxy groups -OCH3 is 1. The predicted molar refractivity (Wildman–Crippen MR) is 108 cm³/mol. The molecule has 0 radical (unpaired) electrons. The summed E-state index contributed by atoms with van der Waals surface area (Å²) >= 11 is 0. The Balaban J connectivity index is 3.19. The van der Waals surface area contributed by atoms with Gasteiger partial charge in [-0.2, -0.15) is 0 Å². The number of hydrogen-bond acceptors (Lipinski definition) is 5. The lowest BCUT2D eigenvalue weighted by Gasteiger charge is -2.42. The van der Waals surface area contributed by atoms with Crippen LogP contribution in [0.5, 0.6) is 5.75 Å². The Morgan fingerprint density at radius 3 is 1.93 bits per heavy atom. The van der Waals surface area contributed by atoms with Crippen molar-refractivity contribution in [2.24, 2.45) is 5.11 Å². The average Bonchev–Trinajstić information content (AvgIpc) is 2.62. The Morgan fingerprint density at radius 1 is 1.07 bits per heavy atom. The van der Waals surface area contributed by atoms with Crippen molar-refractivity contribution in [2.45, 2.75) is 70.3 Å². The number of aliphatic hydroxyl groups excluding tert-OH is 1. The van der Waals surface area contributed by atoms with E-state index in [-0.39, 0.29) is 0 Å². The number of hydrogen-bond donors (Lipinski definition) is 1. The average molecular weight is 394 g/mol. The van der Waals surface area contributed by atoms with Crippen molar-refractivity contribution in [1.29, 1.82) is 0 Å². The molecule has 2 atom stereocenters. The zero-order valence-corrected chi connectivity index (χ0v) is 18.2. The molecule has 150 valence electrons. The van der Waals surface area contributed by atoms with Gasteiger partial charge >= 0.3 is 5.97 Å². The zero-order chi connectivity index (χ0) is 20.8. The quantitative estimate of drug-likeness (QED) is 0.206. The van der Waals surface area contributed by atoms with Gasteiger partial charge in [0.25, 0.3) is 8.32 Å². The van der Waals surface area contributed by atoms with Crippen LogP contribution in [0, 0.1) is 0 Å². The van der Waals surface area contributed by atoms with Crippen LogP contribution in [-0.4, -0.2) is 32.6 Å². The minimum atomic E-state index is -2.08. The highest BCUT2D eigenvalue weighted by Gasteiger charge is 2.47. The Kier molecular flexibility index (Phi) is 8.34. The molecule has 0 spiro atoms. The van der Waals surface area contributed by atoms with Crippen LogP contribution in [0.2, 0.25) is 16.6 Å². The molecule has 0 unspecified atom stereocenters. The van der Waals surface area contributed by atoms with E-state index in [2.05, 4.69) is 56.3 Å². The summed E-state index contributed by atoms with van der Waals surface area (Å²) in [6, 6.07) is 5.96. The second-order valence-corrected chi connectivity index (χ2v) is 13.0. The standard InChI is InChI=1S/C19H31N3O4Si/c1-12(2)27(13(3)4,14(5)6)26-16-10-8-15(9-11-16)17(21-22-20)18(23)19(24)25-7/h8-14,17-18,23H,1-7H3/t17-,18-/m0/s1. The Bertz CT molecular complexity index is 648. The summed E-state index contributed by atoms with van der Waals surface area (Å²) < 4.78 is 11.1. The third-order valence-electron chi connectivity index (χ3n) is 5.14. The van der Waals surface area contributed by atoms with Crippen LogP contribution in [0.3, 0.4) is 0 Å². The number of nitrogens with zero attached hydrogens (tertiary/aromatic N) is 3. The lowest BCUT2D eigenvalue weighted by molar-refractivity contribution is -0.151. The van der Waals surface area contributed by atoms with E-state index in [9.17, 15) is 9.90 Å². The monoisotopic (exact) mass is 393 g/mol. The van der Waals surface area contributed by atoms with Crippen LogP contribution in [0.15, 0.2) is 29.4 Å². The minimum Gasteiger partial charge on any atom is -0.543 e. The van der Waals surface area contributed by atoms with Gasteiger partial charge in [0.2, 0.25) is 0 Å². The highest BCUT2D eigenvalue weighted by molar-refractivity contribution is 6.78. The van der Waals surface area contributed by atoms with E-state index in [0.29, 0.717) is 22.2 Å². The fourth-order valence-electron chi connectivity index (χ4n) is 3.91. The van der Waals surface area contributed by atoms with Gasteiger partial charge in [-0.15, -0.1) is 0 Å². The summed E-state index contributed by atoms with van der Waals surface area (Å²) in [6.45, 7) is 13.3. The largest absolute Gasteiger partial charge is 0.543 e. The molecular formula is C19H31N3O4Si. The number of azide groups is 1. The smallest absolute Gasteiger partial charge is 0.335 e. The number of benzene rings is 1. The van der Waals surface area contributed by atoms with Crippen LogP contribution in [0.1, 0.15) is 53.1 Å². The first-order valence-electron chi connectivity index (χ1n) is 9.20. The number of aliphatic hydroxyl groups is 1. The van der Waals surface area contributed by atoms with Crippen molar-refractivity contribution in [1.82, 2.24) is 0 Å². The van der Waals surface area contributed by atoms with Gasteiger partial charge in [0, 0.05) is 4.91 Å². The third kappa shape index (κ3) is 5.03.